The molecule has 0 saturated carbocycles. The predicted octanol–water partition coefficient (Wildman–Crippen LogP) is 3.25. The Balaban J connectivity index is 2.17. The number of methoxy groups -OCH3 is 2. The molecule has 0 saturated heterocycles. The van der Waals surface area contributed by atoms with Crippen LogP contribution in [0.25, 0.3) is 0 Å². The number of halogens is 1. The smallest absolute Gasteiger partial charge is 0.127 e. The number of nitrogens with zero attached hydrogens (tertiary/aromatic N) is 1. The molecule has 0 spiro atoms. The van der Waals surface area contributed by atoms with Gasteiger partial charge in [0.25, 0.3) is 0 Å². The van der Waals surface area contributed by atoms with Gasteiger partial charge in [-0.15, -0.1) is 11.8 Å². The zero-order chi connectivity index (χ0) is 12.3. The van der Waals surface area contributed by atoms with Crippen molar-refractivity contribution in [2.75, 3.05) is 20.1 Å². The van der Waals surface area contributed by atoms with Crippen LogP contribution in [0.2, 0.25) is 0 Å². The monoisotopic (exact) mass is 271 g/mol. The third-order valence-electron chi connectivity index (χ3n) is 2.57. The van der Waals surface area contributed by atoms with Crippen molar-refractivity contribution in [2.45, 2.75) is 6.54 Å². The Kier molecular flexibility index (Phi) is 4.07. The van der Waals surface area contributed by atoms with Gasteiger partial charge in [0.15, 0.2) is 0 Å². The van der Waals surface area contributed by atoms with E-state index in [4.69, 9.17) is 21.1 Å². The van der Waals surface area contributed by atoms with Gasteiger partial charge in [-0.3, -0.25) is 0 Å². The van der Waals surface area contributed by atoms with Crippen LogP contribution in [-0.4, -0.2) is 25.0 Å². The molecule has 0 atom stereocenters. The minimum Gasteiger partial charge on any atom is -0.497 e. The maximum Gasteiger partial charge on any atom is 0.127 e. The molecule has 1 aromatic carbocycles. The highest BCUT2D eigenvalue weighted by molar-refractivity contribution is 8.02. The summed E-state index contributed by atoms with van der Waals surface area (Å²) >= 11 is 7.78. The molecule has 2 rings (SSSR count). The van der Waals surface area contributed by atoms with Crippen LogP contribution in [0.3, 0.4) is 0 Å². The Bertz CT molecular complexity index is 437. The van der Waals surface area contributed by atoms with Crippen molar-refractivity contribution >= 4 is 23.4 Å². The van der Waals surface area contributed by atoms with Gasteiger partial charge in [0, 0.05) is 23.6 Å². The van der Waals surface area contributed by atoms with Crippen molar-refractivity contribution in [1.82, 2.24) is 4.90 Å². The van der Waals surface area contributed by atoms with E-state index in [2.05, 4.69) is 4.90 Å². The Morgan fingerprint density at radius 3 is 2.76 bits per heavy atom. The molecule has 1 heterocycles. The first-order valence-corrected chi connectivity index (χ1v) is 6.60. The summed E-state index contributed by atoms with van der Waals surface area (Å²) in [4.78, 5) is 2.09. The lowest BCUT2D eigenvalue weighted by atomic mass is 10.2. The Morgan fingerprint density at radius 1 is 1.35 bits per heavy atom. The van der Waals surface area contributed by atoms with Crippen LogP contribution >= 0.6 is 23.4 Å². The van der Waals surface area contributed by atoms with Crippen molar-refractivity contribution < 1.29 is 9.47 Å². The summed E-state index contributed by atoms with van der Waals surface area (Å²) < 4.78 is 10.5. The van der Waals surface area contributed by atoms with E-state index in [9.17, 15) is 0 Å². The minimum atomic E-state index is 0.746. The molecule has 0 aromatic heterocycles. The first-order valence-electron chi connectivity index (χ1n) is 5.17. The standard InChI is InChI=1S/C12H14ClNO2S/c1-15-10-4-3-9(11(5-10)16-2)6-14-8-17-7-12(14)13/h3-5,7H,6,8H2,1-2H3. The van der Waals surface area contributed by atoms with Crippen molar-refractivity contribution in [3.63, 3.8) is 0 Å². The average molecular weight is 272 g/mol. The summed E-state index contributed by atoms with van der Waals surface area (Å²) in [5, 5.41) is 2.74. The summed E-state index contributed by atoms with van der Waals surface area (Å²) in [6.45, 7) is 0.746. The topological polar surface area (TPSA) is 21.7 Å². The molecule has 5 heteroatoms. The van der Waals surface area contributed by atoms with Crippen LogP contribution < -0.4 is 9.47 Å². The normalized spacial score (nSPS) is 14.8. The van der Waals surface area contributed by atoms with Gasteiger partial charge < -0.3 is 14.4 Å². The van der Waals surface area contributed by atoms with E-state index < -0.39 is 0 Å². The number of hydrogen-bond donors (Lipinski definition) is 0. The van der Waals surface area contributed by atoms with Crippen LogP contribution in [0, 0.1) is 0 Å². The molecule has 17 heavy (non-hydrogen) atoms. The molecule has 0 N–H and O–H groups in total. The number of hydrogen-bond acceptors (Lipinski definition) is 4. The lowest BCUT2D eigenvalue weighted by Gasteiger charge is -2.19. The lowest BCUT2D eigenvalue weighted by Crippen LogP contribution is -2.16. The number of ether oxygens (including phenoxy) is 2. The first-order chi connectivity index (χ1) is 8.24. The van der Waals surface area contributed by atoms with Gasteiger partial charge in [0.2, 0.25) is 0 Å². The fraction of sp³-hybridized carbons (Fsp3) is 0.333. The molecule has 3 nitrogen and oxygen atoms in total. The molecule has 1 aliphatic heterocycles. The molecule has 0 bridgehead atoms. The first kappa shape index (κ1) is 12.5. The Morgan fingerprint density at radius 2 is 2.18 bits per heavy atom. The summed E-state index contributed by atoms with van der Waals surface area (Å²) in [6.07, 6.45) is 0. The van der Waals surface area contributed by atoms with E-state index in [-0.39, 0.29) is 0 Å². The zero-order valence-corrected chi connectivity index (χ0v) is 11.3. The summed E-state index contributed by atoms with van der Waals surface area (Å²) in [5.74, 6) is 2.50. The van der Waals surface area contributed by atoms with E-state index in [1.807, 2.05) is 23.6 Å². The van der Waals surface area contributed by atoms with Gasteiger partial charge in [0.1, 0.15) is 16.7 Å². The summed E-state index contributed by atoms with van der Waals surface area (Å²) in [5.41, 5.74) is 1.10. The van der Waals surface area contributed by atoms with Crippen LogP contribution in [0.4, 0.5) is 0 Å². The minimum absolute atomic E-state index is 0.746. The second-order valence-electron chi connectivity index (χ2n) is 3.61. The Labute approximate surface area is 110 Å². The van der Waals surface area contributed by atoms with Crippen molar-refractivity contribution in [2.24, 2.45) is 0 Å². The molecule has 0 radical (unpaired) electrons. The summed E-state index contributed by atoms with van der Waals surface area (Å²) in [6, 6.07) is 5.82. The molecule has 0 unspecified atom stereocenters. The van der Waals surface area contributed by atoms with Gasteiger partial charge in [0.05, 0.1) is 20.1 Å². The van der Waals surface area contributed by atoms with Crippen molar-refractivity contribution in [3.8, 4) is 11.5 Å². The largest absolute Gasteiger partial charge is 0.497 e. The highest BCUT2D eigenvalue weighted by atomic mass is 35.5. The second kappa shape index (κ2) is 5.56. The van der Waals surface area contributed by atoms with Crippen LogP contribution in [0.5, 0.6) is 11.5 Å². The zero-order valence-electron chi connectivity index (χ0n) is 9.77. The lowest BCUT2D eigenvalue weighted by molar-refractivity contribution is 0.374. The van der Waals surface area contributed by atoms with Crippen molar-refractivity contribution in [3.05, 3.63) is 34.3 Å². The molecule has 1 aliphatic rings. The van der Waals surface area contributed by atoms with E-state index in [1.165, 1.54) is 0 Å². The van der Waals surface area contributed by atoms with Crippen molar-refractivity contribution in [1.29, 1.82) is 0 Å². The molecular formula is C12H14ClNO2S. The SMILES string of the molecule is COc1ccc(CN2CSC=C2Cl)c(OC)c1. The molecule has 1 aromatic rings. The molecule has 0 fully saturated rings. The van der Waals surface area contributed by atoms with Gasteiger partial charge in [-0.1, -0.05) is 11.6 Å². The number of rotatable bonds is 4. The van der Waals surface area contributed by atoms with Gasteiger partial charge in [-0.25, -0.2) is 0 Å². The quantitative estimate of drug-likeness (QED) is 0.784. The predicted molar refractivity (Wildman–Crippen MR) is 71.5 cm³/mol. The fourth-order valence-corrected chi connectivity index (χ4v) is 2.79. The fourth-order valence-electron chi connectivity index (χ4n) is 1.64. The highest BCUT2D eigenvalue weighted by Gasteiger charge is 2.16. The maximum atomic E-state index is 6.08. The third kappa shape index (κ3) is 2.82. The van der Waals surface area contributed by atoms with Gasteiger partial charge in [-0.2, -0.15) is 0 Å². The number of thioether (sulfide) groups is 1. The van der Waals surface area contributed by atoms with Crippen LogP contribution in [0.1, 0.15) is 5.56 Å². The highest BCUT2D eigenvalue weighted by Crippen LogP contribution is 2.31. The van der Waals surface area contributed by atoms with Gasteiger partial charge in [-0.05, 0) is 12.1 Å². The Hall–Kier alpha value is -1.00. The molecular weight excluding hydrogens is 258 g/mol. The van der Waals surface area contributed by atoms with E-state index in [0.717, 1.165) is 34.6 Å². The van der Waals surface area contributed by atoms with Crippen LogP contribution in [0.15, 0.2) is 28.8 Å². The van der Waals surface area contributed by atoms with E-state index in [1.54, 1.807) is 26.0 Å². The third-order valence-corrected chi connectivity index (χ3v) is 3.90. The molecule has 0 aliphatic carbocycles. The maximum absolute atomic E-state index is 6.08. The van der Waals surface area contributed by atoms with E-state index in [0.29, 0.717) is 0 Å². The van der Waals surface area contributed by atoms with E-state index >= 15 is 0 Å². The van der Waals surface area contributed by atoms with Gasteiger partial charge >= 0.3 is 0 Å². The average Bonchev–Trinajstić information content (AvgIpc) is 2.75. The molecule has 92 valence electrons. The number of benzene rings is 1. The molecule has 0 amide bonds. The second-order valence-corrected chi connectivity index (χ2v) is 4.83. The van der Waals surface area contributed by atoms with Crippen LogP contribution in [-0.2, 0) is 6.54 Å². The summed E-state index contributed by atoms with van der Waals surface area (Å²) in [7, 11) is 3.31.